The first-order chi connectivity index (χ1) is 32.9. The van der Waals surface area contributed by atoms with Crippen LogP contribution in [0, 0.1) is 42.4 Å². The third kappa shape index (κ3) is 4.90. The highest BCUT2D eigenvalue weighted by Crippen LogP contribution is 2.63. The normalized spacial score (nSPS) is 29.2. The zero-order valence-electron chi connectivity index (χ0n) is 38.5. The van der Waals surface area contributed by atoms with Crippen molar-refractivity contribution in [2.45, 2.75) is 94.8 Å². The summed E-state index contributed by atoms with van der Waals surface area (Å²) in [6, 6.07) is 52.3. The highest BCUT2D eigenvalue weighted by Gasteiger charge is 2.54. The standard InChI is InChI=1S/C63H55BN2O/c1-36-19-52-49-16-17-50-48-9-5-6-10-57(48)67-61(50)60(49)66(47-14-11-44(12-15-47)43-7-3-2-4-8-43)64-54-29-46(63-33-40-24-41(34-63)26-42(25-40)35-63)28-53-51-27-45(62-30-37-21-38(31-62)23-39(22-37)32-62)13-18-55(51)65(59(53)54)56(20-36)58(52)64/h2-20,27-29,37-42H,21-26,30-35H2,1H3. The predicted octanol–water partition coefficient (Wildman–Crippen LogP) is 14.8. The Kier molecular flexibility index (Phi) is 7.05. The first kappa shape index (κ1) is 37.0. The van der Waals surface area contributed by atoms with E-state index >= 15 is 0 Å². The van der Waals surface area contributed by atoms with Crippen LogP contribution in [0.4, 0.5) is 11.4 Å². The summed E-state index contributed by atoms with van der Waals surface area (Å²) in [5, 5.41) is 5.35. The van der Waals surface area contributed by atoms with Gasteiger partial charge in [0.25, 0.3) is 0 Å². The van der Waals surface area contributed by atoms with E-state index in [0.29, 0.717) is 5.41 Å². The molecule has 0 N–H and O–H groups in total. The molecule has 19 rings (SSSR count). The number of aromatic nitrogens is 1. The second kappa shape index (κ2) is 12.8. The topological polar surface area (TPSA) is 21.3 Å². The van der Waals surface area contributed by atoms with Gasteiger partial charge in [0.15, 0.2) is 5.58 Å². The quantitative estimate of drug-likeness (QED) is 0.164. The SMILES string of the molecule is Cc1cc2c3c(c1)-n1c4ccc(C56CC7CC(CC(C7)C5)C6)cc4c4cc(C56CC7CC(CC(C7)C5)C6)cc(c41)B3N(c1ccc(-c3ccccc3)cc1)c1c-2ccc2c1oc1ccccc12. The van der Waals surface area contributed by atoms with Crippen molar-refractivity contribution in [3.63, 3.8) is 0 Å². The second-order valence-electron chi connectivity index (χ2n) is 23.8. The summed E-state index contributed by atoms with van der Waals surface area (Å²) >= 11 is 0. The Morgan fingerprint density at radius 3 is 1.85 bits per heavy atom. The van der Waals surface area contributed by atoms with Crippen LogP contribution in [0.5, 0.6) is 0 Å². The first-order valence-electron chi connectivity index (χ1n) is 26.1. The molecule has 7 aromatic carbocycles. The molecule has 2 aliphatic heterocycles. The fraction of sp³-hybridized carbons (Fsp3) is 0.333. The summed E-state index contributed by atoms with van der Waals surface area (Å²) in [7, 11) is 0. The molecule has 0 unspecified atom stereocenters. The minimum Gasteiger partial charge on any atom is -0.454 e. The van der Waals surface area contributed by atoms with E-state index in [9.17, 15) is 0 Å². The molecule has 0 atom stereocenters. The van der Waals surface area contributed by atoms with Gasteiger partial charge in [-0.15, -0.1) is 0 Å². The van der Waals surface area contributed by atoms with Crippen molar-refractivity contribution >= 4 is 72.9 Å². The van der Waals surface area contributed by atoms with Crippen molar-refractivity contribution in [2.24, 2.45) is 35.5 Å². The first-order valence-corrected chi connectivity index (χ1v) is 26.1. The van der Waals surface area contributed by atoms with E-state index in [2.05, 4.69) is 150 Å². The Bertz CT molecular complexity index is 3560. The molecule has 67 heavy (non-hydrogen) atoms. The van der Waals surface area contributed by atoms with E-state index in [1.165, 1.54) is 165 Å². The van der Waals surface area contributed by atoms with Crippen molar-refractivity contribution in [3.8, 4) is 27.9 Å². The number of anilines is 2. The molecule has 0 spiro atoms. The highest BCUT2D eigenvalue weighted by atomic mass is 16.3. The van der Waals surface area contributed by atoms with Crippen LogP contribution in [0.2, 0.25) is 0 Å². The Morgan fingerprint density at radius 1 is 0.522 bits per heavy atom. The molecular formula is C63H55BN2O. The van der Waals surface area contributed by atoms with Crippen LogP contribution >= 0.6 is 0 Å². The van der Waals surface area contributed by atoms with Crippen LogP contribution in [0.3, 0.4) is 0 Å². The van der Waals surface area contributed by atoms with E-state index in [-0.39, 0.29) is 12.3 Å². The Balaban J connectivity index is 0.979. The van der Waals surface area contributed by atoms with Gasteiger partial charge in [0.1, 0.15) is 5.58 Å². The van der Waals surface area contributed by atoms with Gasteiger partial charge in [-0.25, -0.2) is 0 Å². The van der Waals surface area contributed by atoms with Crippen molar-refractivity contribution in [1.82, 2.24) is 4.57 Å². The number of fused-ring (bicyclic) bond motifs is 11. The summed E-state index contributed by atoms with van der Waals surface area (Å²) in [4.78, 5) is 2.73. The molecule has 3 nitrogen and oxygen atoms in total. The molecule has 9 aromatic rings. The Labute approximate surface area is 393 Å². The maximum absolute atomic E-state index is 7.13. The minimum atomic E-state index is -0.0460. The largest absolute Gasteiger partial charge is 0.454 e. The van der Waals surface area contributed by atoms with E-state index < -0.39 is 0 Å². The maximum Gasteiger partial charge on any atom is 0.333 e. The summed E-state index contributed by atoms with van der Waals surface area (Å²) < 4.78 is 9.87. The smallest absolute Gasteiger partial charge is 0.333 e. The van der Waals surface area contributed by atoms with Gasteiger partial charge in [-0.3, -0.25) is 0 Å². The van der Waals surface area contributed by atoms with Crippen molar-refractivity contribution in [3.05, 3.63) is 150 Å². The van der Waals surface area contributed by atoms with Crippen LogP contribution in [-0.2, 0) is 10.8 Å². The molecule has 10 aliphatic rings. The van der Waals surface area contributed by atoms with Crippen LogP contribution < -0.4 is 15.7 Å². The molecular weight excluding hydrogens is 812 g/mol. The van der Waals surface area contributed by atoms with Crippen LogP contribution in [0.1, 0.15) is 93.7 Å². The van der Waals surface area contributed by atoms with E-state index in [1.807, 2.05) is 0 Å². The second-order valence-corrected chi connectivity index (χ2v) is 23.8. The summed E-state index contributed by atoms with van der Waals surface area (Å²) in [5.41, 5.74) is 21.7. The predicted molar refractivity (Wildman–Crippen MR) is 277 cm³/mol. The molecule has 2 aromatic heterocycles. The van der Waals surface area contributed by atoms with E-state index in [4.69, 9.17) is 4.42 Å². The Morgan fingerprint density at radius 2 is 1.15 bits per heavy atom. The highest BCUT2D eigenvalue weighted by molar-refractivity contribution is 6.94. The number of hydrogen-bond donors (Lipinski definition) is 0. The lowest BCUT2D eigenvalue weighted by Crippen LogP contribution is -2.61. The lowest BCUT2D eigenvalue weighted by molar-refractivity contribution is -0.00526. The third-order valence-corrected chi connectivity index (χ3v) is 19.9. The Hall–Kier alpha value is -6.00. The van der Waals surface area contributed by atoms with Crippen molar-refractivity contribution < 1.29 is 4.42 Å². The summed E-state index contributed by atoms with van der Waals surface area (Å²) in [6.07, 6.45) is 17.1. The van der Waals surface area contributed by atoms with E-state index in [0.717, 1.165) is 46.7 Å². The molecule has 8 bridgehead atoms. The molecule has 4 heterocycles. The van der Waals surface area contributed by atoms with Gasteiger partial charge in [-0.1, -0.05) is 84.9 Å². The van der Waals surface area contributed by atoms with Crippen molar-refractivity contribution in [1.29, 1.82) is 0 Å². The van der Waals surface area contributed by atoms with Gasteiger partial charge >= 0.3 is 6.85 Å². The average molecular weight is 867 g/mol. The molecule has 4 heteroatoms. The van der Waals surface area contributed by atoms with Gasteiger partial charge < -0.3 is 13.8 Å². The number of para-hydroxylation sites is 1. The third-order valence-electron chi connectivity index (χ3n) is 19.9. The molecule has 0 amide bonds. The van der Waals surface area contributed by atoms with Crippen LogP contribution in [0.15, 0.2) is 138 Å². The van der Waals surface area contributed by atoms with Crippen LogP contribution in [0.25, 0.3) is 71.7 Å². The fourth-order valence-electron chi connectivity index (χ4n) is 18.2. The van der Waals surface area contributed by atoms with Gasteiger partial charge in [0.2, 0.25) is 0 Å². The zero-order valence-corrected chi connectivity index (χ0v) is 38.5. The minimum absolute atomic E-state index is 0.0460. The van der Waals surface area contributed by atoms with Gasteiger partial charge in [-0.05, 0) is 223 Å². The molecule has 8 fully saturated rings. The number of aryl methyl sites for hydroxylation is 1. The lowest BCUT2D eigenvalue weighted by Gasteiger charge is -2.57. The number of benzene rings is 7. The number of rotatable bonds is 4. The van der Waals surface area contributed by atoms with Crippen molar-refractivity contribution in [2.75, 3.05) is 4.81 Å². The molecule has 8 saturated carbocycles. The molecule has 0 radical (unpaired) electrons. The zero-order chi connectivity index (χ0) is 43.5. The maximum atomic E-state index is 7.13. The lowest BCUT2D eigenvalue weighted by atomic mass is 9.42. The van der Waals surface area contributed by atoms with E-state index in [1.54, 1.807) is 11.1 Å². The summed E-state index contributed by atoms with van der Waals surface area (Å²) in [5.74, 6) is 5.38. The number of furan rings is 1. The monoisotopic (exact) mass is 866 g/mol. The molecule has 326 valence electrons. The van der Waals surface area contributed by atoms with Gasteiger partial charge in [-0.2, -0.15) is 0 Å². The van der Waals surface area contributed by atoms with Gasteiger partial charge in [0, 0.05) is 38.5 Å². The summed E-state index contributed by atoms with van der Waals surface area (Å²) in [6.45, 7) is 2.27. The average Bonchev–Trinajstić information content (AvgIpc) is 3.88. The fourth-order valence-corrected chi connectivity index (χ4v) is 18.2. The molecule has 0 saturated heterocycles. The van der Waals surface area contributed by atoms with Gasteiger partial charge in [0.05, 0.1) is 16.7 Å². The number of nitrogens with zero attached hydrogens (tertiary/aromatic N) is 2. The van der Waals surface area contributed by atoms with Crippen LogP contribution in [-0.4, -0.2) is 11.4 Å². The number of hydrogen-bond acceptors (Lipinski definition) is 2. The molecule has 8 aliphatic carbocycles.